The van der Waals surface area contributed by atoms with Gasteiger partial charge in [0.2, 0.25) is 0 Å². The third kappa shape index (κ3) is 3.58. The van der Waals surface area contributed by atoms with E-state index in [9.17, 15) is 9.59 Å². The lowest BCUT2D eigenvalue weighted by Crippen LogP contribution is -2.13. The van der Waals surface area contributed by atoms with Crippen LogP contribution in [0, 0.1) is 6.92 Å². The Kier molecular flexibility index (Phi) is 4.10. The second-order valence-corrected chi connectivity index (χ2v) is 5.15. The highest BCUT2D eigenvalue weighted by Crippen LogP contribution is 2.20. The zero-order valence-electron chi connectivity index (χ0n) is 12.5. The van der Waals surface area contributed by atoms with Crippen LogP contribution in [0.3, 0.4) is 0 Å². The van der Waals surface area contributed by atoms with Gasteiger partial charge in [-0.05, 0) is 30.2 Å². The first-order chi connectivity index (χ1) is 11.1. The van der Waals surface area contributed by atoms with E-state index < -0.39 is 11.7 Å². The smallest absolute Gasteiger partial charge is 0.411 e. The van der Waals surface area contributed by atoms with Crippen molar-refractivity contribution in [1.29, 1.82) is 0 Å². The average Bonchev–Trinajstić information content (AvgIpc) is 2.53. The van der Waals surface area contributed by atoms with E-state index >= 15 is 0 Å². The highest BCUT2D eigenvalue weighted by molar-refractivity contribution is 5.89. The molecule has 0 spiro atoms. The molecule has 0 saturated carbocycles. The lowest BCUT2D eigenvalue weighted by molar-refractivity contribution is 0.155. The summed E-state index contributed by atoms with van der Waals surface area (Å²) in [5, 5.41) is 3.45. The standard InChI is InChI=1S/C18H15NO4/c1-12-9-17(20)23-16-10-14(7-8-15(12)16)19-18(21)22-11-13-5-3-2-4-6-13/h2-10H,11H2,1H3,(H,19,21). The second kappa shape index (κ2) is 6.36. The average molecular weight is 309 g/mol. The predicted molar refractivity (Wildman–Crippen MR) is 87.5 cm³/mol. The van der Waals surface area contributed by atoms with Gasteiger partial charge in [-0.3, -0.25) is 5.32 Å². The summed E-state index contributed by atoms with van der Waals surface area (Å²) in [6.45, 7) is 2.02. The minimum Gasteiger partial charge on any atom is -0.444 e. The zero-order valence-corrected chi connectivity index (χ0v) is 12.5. The first-order valence-electron chi connectivity index (χ1n) is 7.14. The van der Waals surface area contributed by atoms with Crippen LogP contribution in [0.4, 0.5) is 10.5 Å². The molecule has 2 aromatic carbocycles. The Bertz CT molecular complexity index is 900. The molecule has 0 unspecified atom stereocenters. The number of nitrogens with one attached hydrogen (secondary N) is 1. The highest BCUT2D eigenvalue weighted by Gasteiger charge is 2.07. The molecule has 23 heavy (non-hydrogen) atoms. The highest BCUT2D eigenvalue weighted by atomic mass is 16.5. The van der Waals surface area contributed by atoms with Gasteiger partial charge in [-0.15, -0.1) is 0 Å². The Morgan fingerprint density at radius 1 is 1.13 bits per heavy atom. The number of hydrogen-bond donors (Lipinski definition) is 1. The summed E-state index contributed by atoms with van der Waals surface area (Å²) in [5.41, 5.74) is 2.25. The maximum atomic E-state index is 11.8. The maximum absolute atomic E-state index is 11.8. The number of rotatable bonds is 3. The molecule has 1 heterocycles. The summed E-state index contributed by atoms with van der Waals surface area (Å²) in [6, 6.07) is 16.0. The van der Waals surface area contributed by atoms with Crippen molar-refractivity contribution in [1.82, 2.24) is 0 Å². The number of amides is 1. The molecule has 0 aliphatic heterocycles. The van der Waals surface area contributed by atoms with Crippen molar-refractivity contribution in [3.63, 3.8) is 0 Å². The van der Waals surface area contributed by atoms with Crippen LogP contribution in [0.25, 0.3) is 11.0 Å². The number of carbonyl (C=O) groups is 1. The molecule has 3 rings (SSSR count). The minimum atomic E-state index is -0.566. The lowest BCUT2D eigenvalue weighted by Gasteiger charge is -2.08. The Morgan fingerprint density at radius 3 is 2.70 bits per heavy atom. The van der Waals surface area contributed by atoms with Gasteiger partial charge in [-0.2, -0.15) is 0 Å². The van der Waals surface area contributed by atoms with E-state index in [0.717, 1.165) is 16.5 Å². The second-order valence-electron chi connectivity index (χ2n) is 5.15. The van der Waals surface area contributed by atoms with E-state index in [2.05, 4.69) is 5.32 Å². The Morgan fingerprint density at radius 2 is 1.91 bits per heavy atom. The van der Waals surface area contributed by atoms with Crippen LogP contribution >= 0.6 is 0 Å². The van der Waals surface area contributed by atoms with Crippen molar-refractivity contribution in [3.8, 4) is 0 Å². The van der Waals surface area contributed by atoms with Crippen LogP contribution in [-0.2, 0) is 11.3 Å². The summed E-state index contributed by atoms with van der Waals surface area (Å²) in [5.74, 6) is 0. The van der Waals surface area contributed by atoms with Gasteiger partial charge in [-0.25, -0.2) is 9.59 Å². The maximum Gasteiger partial charge on any atom is 0.411 e. The number of hydrogen-bond acceptors (Lipinski definition) is 4. The summed E-state index contributed by atoms with van der Waals surface area (Å²) in [7, 11) is 0. The molecule has 0 saturated heterocycles. The monoisotopic (exact) mass is 309 g/mol. The van der Waals surface area contributed by atoms with Crippen LogP contribution in [0.5, 0.6) is 0 Å². The fourth-order valence-corrected chi connectivity index (χ4v) is 2.28. The number of anilines is 1. The van der Waals surface area contributed by atoms with Gasteiger partial charge in [0.25, 0.3) is 0 Å². The van der Waals surface area contributed by atoms with Gasteiger partial charge in [-0.1, -0.05) is 30.3 Å². The van der Waals surface area contributed by atoms with Crippen LogP contribution in [0.15, 0.2) is 63.8 Å². The van der Waals surface area contributed by atoms with Gasteiger partial charge < -0.3 is 9.15 Å². The third-order valence-corrected chi connectivity index (χ3v) is 3.41. The molecule has 5 heteroatoms. The van der Waals surface area contributed by atoms with Crippen molar-refractivity contribution >= 4 is 22.7 Å². The Hall–Kier alpha value is -3.08. The molecule has 1 N–H and O–H groups in total. The van der Waals surface area contributed by atoms with Crippen molar-refractivity contribution in [2.45, 2.75) is 13.5 Å². The quantitative estimate of drug-likeness (QED) is 0.746. The van der Waals surface area contributed by atoms with Crippen molar-refractivity contribution in [3.05, 3.63) is 76.1 Å². The Balaban J connectivity index is 1.71. The normalized spacial score (nSPS) is 10.5. The SMILES string of the molecule is Cc1cc(=O)oc2cc(NC(=O)OCc3ccccc3)ccc12. The largest absolute Gasteiger partial charge is 0.444 e. The van der Waals surface area contributed by atoms with E-state index in [4.69, 9.17) is 9.15 Å². The van der Waals surface area contributed by atoms with Crippen molar-refractivity contribution in [2.24, 2.45) is 0 Å². The van der Waals surface area contributed by atoms with Gasteiger partial charge in [0.05, 0.1) is 0 Å². The molecule has 0 radical (unpaired) electrons. The van der Waals surface area contributed by atoms with Gasteiger partial charge in [0.15, 0.2) is 0 Å². The first kappa shape index (κ1) is 14.8. The summed E-state index contributed by atoms with van der Waals surface area (Å²) < 4.78 is 10.3. The molecular weight excluding hydrogens is 294 g/mol. The molecule has 1 aromatic heterocycles. The molecule has 5 nitrogen and oxygen atoms in total. The van der Waals surface area contributed by atoms with E-state index in [-0.39, 0.29) is 6.61 Å². The fourth-order valence-electron chi connectivity index (χ4n) is 2.28. The zero-order chi connectivity index (χ0) is 16.2. The molecule has 3 aromatic rings. The molecule has 1 amide bonds. The van der Waals surface area contributed by atoms with E-state index in [1.807, 2.05) is 37.3 Å². The molecular formula is C18H15NO4. The van der Waals surface area contributed by atoms with Gasteiger partial charge in [0, 0.05) is 23.2 Å². The Labute approximate surface area is 132 Å². The van der Waals surface area contributed by atoms with Crippen LogP contribution in [0.1, 0.15) is 11.1 Å². The third-order valence-electron chi connectivity index (χ3n) is 3.41. The number of carbonyl (C=O) groups excluding carboxylic acids is 1. The van der Waals surface area contributed by atoms with Gasteiger partial charge >= 0.3 is 11.7 Å². The predicted octanol–water partition coefficient (Wildman–Crippen LogP) is 3.85. The molecule has 0 aliphatic carbocycles. The topological polar surface area (TPSA) is 68.5 Å². The molecule has 116 valence electrons. The summed E-state index contributed by atoms with van der Waals surface area (Å²) in [6.07, 6.45) is -0.566. The molecule has 0 atom stereocenters. The molecule has 0 aliphatic rings. The van der Waals surface area contributed by atoms with Crippen molar-refractivity contribution < 1.29 is 13.9 Å². The number of aryl methyl sites for hydroxylation is 1. The number of ether oxygens (including phenoxy) is 1. The fraction of sp³-hybridized carbons (Fsp3) is 0.111. The van der Waals surface area contributed by atoms with Gasteiger partial charge in [0.1, 0.15) is 12.2 Å². The number of fused-ring (bicyclic) bond motifs is 1. The van der Waals surface area contributed by atoms with Crippen LogP contribution in [0.2, 0.25) is 0 Å². The summed E-state index contributed by atoms with van der Waals surface area (Å²) in [4.78, 5) is 23.2. The molecule has 0 bridgehead atoms. The number of benzene rings is 2. The van der Waals surface area contributed by atoms with Crippen LogP contribution in [-0.4, -0.2) is 6.09 Å². The van der Waals surface area contributed by atoms with Crippen molar-refractivity contribution in [2.75, 3.05) is 5.32 Å². The van der Waals surface area contributed by atoms with Crippen LogP contribution < -0.4 is 10.9 Å². The van der Waals surface area contributed by atoms with E-state index in [1.165, 1.54) is 6.07 Å². The van der Waals surface area contributed by atoms with E-state index in [0.29, 0.717) is 11.3 Å². The summed E-state index contributed by atoms with van der Waals surface area (Å²) >= 11 is 0. The molecule has 0 fully saturated rings. The van der Waals surface area contributed by atoms with E-state index in [1.54, 1.807) is 18.2 Å². The lowest BCUT2D eigenvalue weighted by atomic mass is 10.1. The minimum absolute atomic E-state index is 0.189. The first-order valence-corrected chi connectivity index (χ1v) is 7.14.